The van der Waals surface area contributed by atoms with Crippen LogP contribution >= 0.6 is 27.7 Å². The van der Waals surface area contributed by atoms with E-state index in [1.54, 1.807) is 6.20 Å². The molecule has 2 rings (SSSR count). The van der Waals surface area contributed by atoms with Gasteiger partial charge in [-0.25, -0.2) is 0 Å². The number of Topliss-reactive ketones (excluding diaryl/α,β-unsaturated/α-hetero) is 1. The molecule has 0 spiro atoms. The lowest BCUT2D eigenvalue weighted by atomic mass is 10.1. The highest BCUT2D eigenvalue weighted by atomic mass is 79.9. The molecule has 1 saturated heterocycles. The van der Waals surface area contributed by atoms with Crippen LogP contribution in [0.1, 0.15) is 5.69 Å². The van der Waals surface area contributed by atoms with Crippen LogP contribution in [-0.4, -0.2) is 46.8 Å². The Labute approximate surface area is 114 Å². The van der Waals surface area contributed by atoms with E-state index in [1.165, 1.54) is 0 Å². The summed E-state index contributed by atoms with van der Waals surface area (Å²) in [6, 6.07) is 3.88. The number of carbonyl (C=O) groups is 1. The van der Waals surface area contributed by atoms with E-state index in [0.717, 1.165) is 28.2 Å². The summed E-state index contributed by atoms with van der Waals surface area (Å²) in [4.78, 5) is 18.6. The van der Waals surface area contributed by atoms with Crippen LogP contribution in [0.2, 0.25) is 0 Å². The molecular weight excluding hydrogens is 300 g/mol. The van der Waals surface area contributed by atoms with Crippen molar-refractivity contribution in [3.05, 3.63) is 28.5 Å². The summed E-state index contributed by atoms with van der Waals surface area (Å²) in [6.07, 6.45) is 2.17. The molecule has 0 aliphatic carbocycles. The minimum Gasteiger partial charge on any atom is -0.297 e. The maximum atomic E-state index is 12.2. The molecule has 1 atom stereocenters. The van der Waals surface area contributed by atoms with E-state index in [1.807, 2.05) is 30.9 Å². The molecule has 1 fully saturated rings. The second-order valence-corrected chi connectivity index (χ2v) is 6.25. The van der Waals surface area contributed by atoms with Crippen LogP contribution < -0.4 is 0 Å². The van der Waals surface area contributed by atoms with E-state index in [4.69, 9.17) is 0 Å². The van der Waals surface area contributed by atoms with Crippen molar-refractivity contribution in [3.8, 4) is 0 Å². The molecule has 5 heteroatoms. The number of hydrogen-bond acceptors (Lipinski definition) is 4. The Balaban J connectivity index is 1.98. The second-order valence-electron chi connectivity index (χ2n) is 4.18. The number of halogens is 1. The van der Waals surface area contributed by atoms with Crippen molar-refractivity contribution >= 4 is 33.5 Å². The van der Waals surface area contributed by atoms with E-state index in [0.29, 0.717) is 6.42 Å². The van der Waals surface area contributed by atoms with E-state index in [2.05, 4.69) is 25.8 Å². The zero-order chi connectivity index (χ0) is 12.3. The van der Waals surface area contributed by atoms with E-state index >= 15 is 0 Å². The minimum absolute atomic E-state index is 0.0548. The monoisotopic (exact) mass is 314 g/mol. The molecule has 0 radical (unpaired) electrons. The van der Waals surface area contributed by atoms with Gasteiger partial charge in [0.25, 0.3) is 0 Å². The fraction of sp³-hybridized carbons (Fsp3) is 0.500. The van der Waals surface area contributed by atoms with Gasteiger partial charge in [-0.15, -0.1) is 0 Å². The lowest BCUT2D eigenvalue weighted by Gasteiger charge is -2.30. The van der Waals surface area contributed by atoms with Crippen molar-refractivity contribution in [1.29, 1.82) is 0 Å². The van der Waals surface area contributed by atoms with Crippen molar-refractivity contribution < 1.29 is 4.79 Å². The summed E-state index contributed by atoms with van der Waals surface area (Å²) >= 11 is 5.20. The second kappa shape index (κ2) is 5.98. The quantitative estimate of drug-likeness (QED) is 0.854. The third-order valence-corrected chi connectivity index (χ3v) is 4.40. The normalized spacial score (nSPS) is 21.4. The van der Waals surface area contributed by atoms with Gasteiger partial charge in [-0.3, -0.25) is 14.7 Å². The number of rotatable bonds is 3. The molecule has 1 aliphatic rings. The third kappa shape index (κ3) is 3.53. The van der Waals surface area contributed by atoms with Crippen molar-refractivity contribution in [1.82, 2.24) is 9.88 Å². The highest BCUT2D eigenvalue weighted by molar-refractivity contribution is 9.10. The Morgan fingerprint density at radius 3 is 3.12 bits per heavy atom. The number of nitrogens with zero attached hydrogens (tertiary/aromatic N) is 2. The standard InChI is InChI=1S/C12H15BrN2OS/c1-15-4-5-17-8-11(15)12(16)6-10-3-2-9(13)7-14-10/h2-3,7,11H,4-6,8H2,1H3. The predicted molar refractivity (Wildman–Crippen MR) is 74.4 cm³/mol. The van der Waals surface area contributed by atoms with Crippen molar-refractivity contribution in [3.63, 3.8) is 0 Å². The first kappa shape index (κ1) is 13.1. The Hall–Kier alpha value is -0.390. The fourth-order valence-electron chi connectivity index (χ4n) is 1.83. The smallest absolute Gasteiger partial charge is 0.156 e. The predicted octanol–water partition coefficient (Wildman–Crippen LogP) is 2.00. The minimum atomic E-state index is 0.0548. The number of hydrogen-bond donors (Lipinski definition) is 0. The summed E-state index contributed by atoms with van der Waals surface area (Å²) in [7, 11) is 2.03. The van der Waals surface area contributed by atoms with Gasteiger partial charge < -0.3 is 0 Å². The van der Waals surface area contributed by atoms with Gasteiger partial charge in [0, 0.05) is 34.4 Å². The maximum absolute atomic E-state index is 12.2. The molecule has 1 aromatic rings. The third-order valence-electron chi connectivity index (χ3n) is 2.91. The lowest BCUT2D eigenvalue weighted by Crippen LogP contribution is -2.45. The van der Waals surface area contributed by atoms with Gasteiger partial charge >= 0.3 is 0 Å². The number of carbonyl (C=O) groups excluding carboxylic acids is 1. The molecule has 2 heterocycles. The first-order chi connectivity index (χ1) is 8.16. The molecule has 0 aromatic carbocycles. The van der Waals surface area contributed by atoms with Crippen molar-refractivity contribution in [2.75, 3.05) is 25.1 Å². The summed E-state index contributed by atoms with van der Waals surface area (Å²) in [5.41, 5.74) is 0.849. The van der Waals surface area contributed by atoms with Crippen LogP contribution in [0, 0.1) is 0 Å². The van der Waals surface area contributed by atoms with Crippen LogP contribution in [0.3, 0.4) is 0 Å². The molecule has 0 amide bonds. The SMILES string of the molecule is CN1CCSCC1C(=O)Cc1ccc(Br)cn1. The van der Waals surface area contributed by atoms with Crippen LogP contribution in [0.4, 0.5) is 0 Å². The molecule has 1 aromatic heterocycles. The van der Waals surface area contributed by atoms with Gasteiger partial charge in [-0.2, -0.15) is 11.8 Å². The molecule has 17 heavy (non-hydrogen) atoms. The Bertz CT molecular complexity index is 396. The van der Waals surface area contributed by atoms with E-state index < -0.39 is 0 Å². The van der Waals surface area contributed by atoms with Crippen LogP contribution in [-0.2, 0) is 11.2 Å². The molecular formula is C12H15BrN2OS. The van der Waals surface area contributed by atoms with Gasteiger partial charge in [0.1, 0.15) is 0 Å². The fourth-order valence-corrected chi connectivity index (χ4v) is 3.31. The molecule has 92 valence electrons. The van der Waals surface area contributed by atoms with Crippen molar-refractivity contribution in [2.45, 2.75) is 12.5 Å². The molecule has 0 N–H and O–H groups in total. The van der Waals surface area contributed by atoms with Gasteiger partial charge in [-0.05, 0) is 35.1 Å². The zero-order valence-electron chi connectivity index (χ0n) is 9.73. The Morgan fingerprint density at radius 2 is 2.47 bits per heavy atom. The van der Waals surface area contributed by atoms with E-state index in [-0.39, 0.29) is 11.8 Å². The molecule has 1 aliphatic heterocycles. The summed E-state index contributed by atoms with van der Waals surface area (Å²) in [5, 5.41) is 0. The summed E-state index contributed by atoms with van der Waals surface area (Å²) in [6.45, 7) is 0.995. The van der Waals surface area contributed by atoms with Crippen LogP contribution in [0.5, 0.6) is 0 Å². The highest BCUT2D eigenvalue weighted by Crippen LogP contribution is 2.17. The number of ketones is 1. The average Bonchev–Trinajstić information content (AvgIpc) is 2.32. The molecule has 0 saturated carbocycles. The van der Waals surface area contributed by atoms with Crippen LogP contribution in [0.25, 0.3) is 0 Å². The Morgan fingerprint density at radius 1 is 1.65 bits per heavy atom. The number of thioether (sulfide) groups is 1. The Kier molecular flexibility index (Phi) is 4.59. The van der Waals surface area contributed by atoms with Gasteiger partial charge in [0.15, 0.2) is 5.78 Å². The van der Waals surface area contributed by atoms with E-state index in [9.17, 15) is 4.79 Å². The zero-order valence-corrected chi connectivity index (χ0v) is 12.1. The number of aromatic nitrogens is 1. The molecule has 0 bridgehead atoms. The maximum Gasteiger partial charge on any atom is 0.156 e. The van der Waals surface area contributed by atoms with Crippen LogP contribution in [0.15, 0.2) is 22.8 Å². The summed E-state index contributed by atoms with van der Waals surface area (Å²) < 4.78 is 0.944. The van der Waals surface area contributed by atoms with Gasteiger partial charge in [-0.1, -0.05) is 0 Å². The average molecular weight is 315 g/mol. The molecule has 1 unspecified atom stereocenters. The first-order valence-corrected chi connectivity index (χ1v) is 7.52. The number of pyridine rings is 1. The summed E-state index contributed by atoms with van der Waals surface area (Å²) in [5.74, 6) is 2.30. The largest absolute Gasteiger partial charge is 0.297 e. The van der Waals surface area contributed by atoms with Gasteiger partial charge in [0.05, 0.1) is 12.5 Å². The molecule has 3 nitrogen and oxygen atoms in total. The highest BCUT2D eigenvalue weighted by Gasteiger charge is 2.26. The number of likely N-dealkylation sites (N-methyl/N-ethyl adjacent to an activating group) is 1. The first-order valence-electron chi connectivity index (χ1n) is 5.58. The van der Waals surface area contributed by atoms with Gasteiger partial charge in [0.2, 0.25) is 0 Å². The van der Waals surface area contributed by atoms with Crippen molar-refractivity contribution in [2.24, 2.45) is 0 Å². The topological polar surface area (TPSA) is 33.2 Å². The lowest BCUT2D eigenvalue weighted by molar-refractivity contribution is -0.122.